The monoisotopic (exact) mass is 522 g/mol. The third-order valence-corrected chi connectivity index (χ3v) is 8.29. The van der Waals surface area contributed by atoms with Gasteiger partial charge in [-0.3, -0.25) is 4.90 Å². The Balaban J connectivity index is 1.48. The minimum Gasteiger partial charge on any atom is -0.392 e. The van der Waals surface area contributed by atoms with Gasteiger partial charge in [-0.25, -0.2) is 8.78 Å². The number of fused-ring (bicyclic) bond motifs is 3. The van der Waals surface area contributed by atoms with Crippen LogP contribution in [0.3, 0.4) is 0 Å². The van der Waals surface area contributed by atoms with Crippen LogP contribution in [0, 0.1) is 11.6 Å². The average molecular weight is 523 g/mol. The Hall–Kier alpha value is -2.74. The molecule has 1 fully saturated rings. The lowest BCUT2D eigenvalue weighted by molar-refractivity contribution is 0.143. The highest BCUT2D eigenvalue weighted by molar-refractivity contribution is 5.85. The van der Waals surface area contributed by atoms with E-state index in [1.165, 1.54) is 18.6 Å². The van der Waals surface area contributed by atoms with Gasteiger partial charge in [-0.1, -0.05) is 43.7 Å². The van der Waals surface area contributed by atoms with Crippen molar-refractivity contribution in [3.8, 4) is 0 Å². The van der Waals surface area contributed by atoms with Gasteiger partial charge in [0.2, 0.25) is 0 Å². The molecule has 204 valence electrons. The van der Waals surface area contributed by atoms with Gasteiger partial charge in [-0.2, -0.15) is 0 Å². The van der Waals surface area contributed by atoms with E-state index in [1.807, 2.05) is 18.2 Å². The number of aliphatic hydroxyl groups is 1. The lowest BCUT2D eigenvalue weighted by Crippen LogP contribution is -2.44. The molecule has 7 heteroatoms. The summed E-state index contributed by atoms with van der Waals surface area (Å²) >= 11 is 0. The van der Waals surface area contributed by atoms with Crippen LogP contribution in [0.1, 0.15) is 62.4 Å². The van der Waals surface area contributed by atoms with Gasteiger partial charge in [0.05, 0.1) is 12.6 Å². The Morgan fingerprint density at radius 1 is 1.18 bits per heavy atom. The number of aliphatic hydroxyl groups excluding tert-OH is 1. The number of H-pyrrole nitrogens is 1. The molecule has 5 nitrogen and oxygen atoms in total. The first-order valence-electron chi connectivity index (χ1n) is 14.0. The van der Waals surface area contributed by atoms with Crippen LogP contribution < -0.4 is 5.32 Å². The maximum absolute atomic E-state index is 15.9. The molecule has 3 aromatic rings. The maximum Gasteiger partial charge on any atom is 0.133 e. The number of halogens is 2. The van der Waals surface area contributed by atoms with E-state index >= 15 is 8.78 Å². The van der Waals surface area contributed by atoms with Crippen molar-refractivity contribution in [3.05, 3.63) is 77.0 Å². The van der Waals surface area contributed by atoms with E-state index in [-0.39, 0.29) is 24.3 Å². The molecule has 5 rings (SSSR count). The molecule has 3 N–H and O–H groups in total. The van der Waals surface area contributed by atoms with Crippen LogP contribution >= 0.6 is 0 Å². The van der Waals surface area contributed by atoms with Gasteiger partial charge >= 0.3 is 0 Å². The topological polar surface area (TPSA) is 54.5 Å². The number of aromatic nitrogens is 1. The van der Waals surface area contributed by atoms with Gasteiger partial charge in [0, 0.05) is 59.6 Å². The van der Waals surface area contributed by atoms with Crippen molar-refractivity contribution >= 4 is 16.6 Å². The zero-order valence-electron chi connectivity index (χ0n) is 22.6. The third kappa shape index (κ3) is 5.37. The van der Waals surface area contributed by atoms with E-state index < -0.39 is 17.7 Å². The van der Waals surface area contributed by atoms with Gasteiger partial charge < -0.3 is 20.3 Å². The normalized spacial score (nSPS) is 22.2. The molecule has 1 aromatic heterocycles. The molecule has 0 amide bonds. The number of aromatic amines is 1. The van der Waals surface area contributed by atoms with Crippen LogP contribution in [0.5, 0.6) is 0 Å². The van der Waals surface area contributed by atoms with Gasteiger partial charge in [-0.05, 0) is 62.9 Å². The minimum absolute atomic E-state index is 0.0578. The van der Waals surface area contributed by atoms with Crippen molar-refractivity contribution < 1.29 is 13.9 Å². The number of likely N-dealkylation sites (tertiary alicyclic amines) is 1. The first-order valence-corrected chi connectivity index (χ1v) is 14.0. The number of rotatable bonds is 10. The number of para-hydroxylation sites is 1. The van der Waals surface area contributed by atoms with E-state index in [4.69, 9.17) is 0 Å². The second-order valence-corrected chi connectivity index (χ2v) is 11.1. The van der Waals surface area contributed by atoms with Crippen molar-refractivity contribution in [2.75, 3.05) is 38.1 Å². The molecule has 38 heavy (non-hydrogen) atoms. The van der Waals surface area contributed by atoms with Crippen LogP contribution in [0.15, 0.2) is 48.6 Å². The molecular weight excluding hydrogens is 482 g/mol. The predicted octanol–water partition coefficient (Wildman–Crippen LogP) is 6.01. The molecule has 0 bridgehead atoms. The molecule has 0 radical (unpaired) electrons. The Bertz CT molecular complexity index is 1270. The standard InChI is InChI=1S/C31H40F2N4O/c1-4-5-12-36-13-11-22(18-36)34-23-16-26(32)29(27(33)17-23)31-30-25(24-8-6-7-9-28(24)35-30)15-21(3)37(31)14-10-20(2)19-38/h6-9,16-17,21-22,31,34-35,38H,2,4-5,10-15,18-19H2,1,3H3/t21-,22-,31-/m0/s1. The summed E-state index contributed by atoms with van der Waals surface area (Å²) in [7, 11) is 0. The van der Waals surface area contributed by atoms with E-state index in [0.717, 1.165) is 61.1 Å². The highest BCUT2D eigenvalue weighted by Crippen LogP contribution is 2.43. The summed E-state index contributed by atoms with van der Waals surface area (Å²) in [6, 6.07) is 10.6. The zero-order valence-corrected chi connectivity index (χ0v) is 22.6. The van der Waals surface area contributed by atoms with Gasteiger partial charge in [0.15, 0.2) is 0 Å². The van der Waals surface area contributed by atoms with Crippen molar-refractivity contribution in [2.24, 2.45) is 0 Å². The molecule has 0 saturated carbocycles. The van der Waals surface area contributed by atoms with Crippen molar-refractivity contribution in [3.63, 3.8) is 0 Å². The molecule has 1 saturated heterocycles. The lowest BCUT2D eigenvalue weighted by atomic mass is 9.87. The second-order valence-electron chi connectivity index (χ2n) is 11.1. The predicted molar refractivity (Wildman–Crippen MR) is 151 cm³/mol. The van der Waals surface area contributed by atoms with E-state index in [0.29, 0.717) is 24.2 Å². The largest absolute Gasteiger partial charge is 0.392 e. The van der Waals surface area contributed by atoms with E-state index in [1.54, 1.807) is 0 Å². The SMILES string of the molecule is C=C(CO)CCN1[C@@H](c2c(F)cc(N[C@H]3CCN(CCCC)C3)cc2F)c2[nH]c3ccccc3c2C[C@@H]1C. The molecule has 3 atom stereocenters. The summed E-state index contributed by atoms with van der Waals surface area (Å²) in [6.07, 6.45) is 4.64. The van der Waals surface area contributed by atoms with Crippen LogP contribution in [0.4, 0.5) is 14.5 Å². The molecule has 0 unspecified atom stereocenters. The van der Waals surface area contributed by atoms with Gasteiger partial charge in [0.1, 0.15) is 11.6 Å². The fourth-order valence-electron chi connectivity index (χ4n) is 6.23. The molecule has 2 aliphatic heterocycles. The number of hydrogen-bond donors (Lipinski definition) is 3. The Kier molecular flexibility index (Phi) is 8.17. The molecule has 2 aliphatic rings. The van der Waals surface area contributed by atoms with E-state index in [9.17, 15) is 5.11 Å². The van der Waals surface area contributed by atoms with Gasteiger partial charge in [0.25, 0.3) is 0 Å². The molecule has 2 aromatic carbocycles. The van der Waals surface area contributed by atoms with Gasteiger partial charge in [-0.15, -0.1) is 0 Å². The smallest absolute Gasteiger partial charge is 0.133 e. The second kappa shape index (κ2) is 11.6. The summed E-state index contributed by atoms with van der Waals surface area (Å²) in [4.78, 5) is 8.06. The molecule has 0 spiro atoms. The van der Waals surface area contributed by atoms with E-state index in [2.05, 4.69) is 46.6 Å². The molecule has 3 heterocycles. The highest BCUT2D eigenvalue weighted by atomic mass is 19.1. The zero-order chi connectivity index (χ0) is 26.8. The number of anilines is 1. The summed E-state index contributed by atoms with van der Waals surface area (Å²) in [5, 5.41) is 14.0. The van der Waals surface area contributed by atoms with Crippen LogP contribution in [-0.2, 0) is 6.42 Å². The van der Waals surface area contributed by atoms with Crippen LogP contribution in [0.25, 0.3) is 10.9 Å². The summed E-state index contributed by atoms with van der Waals surface area (Å²) in [6.45, 7) is 11.7. The number of hydrogen-bond acceptors (Lipinski definition) is 4. The van der Waals surface area contributed by atoms with Crippen molar-refractivity contribution in [1.29, 1.82) is 0 Å². The van der Waals surface area contributed by atoms with Crippen LogP contribution in [0.2, 0.25) is 0 Å². The number of nitrogens with zero attached hydrogens (tertiary/aromatic N) is 2. The Morgan fingerprint density at radius 2 is 1.95 bits per heavy atom. The minimum atomic E-state index is -0.599. The summed E-state index contributed by atoms with van der Waals surface area (Å²) in [5.41, 5.74) is 4.22. The first kappa shape index (κ1) is 26.9. The number of benzene rings is 2. The fourth-order valence-corrected chi connectivity index (χ4v) is 6.23. The Morgan fingerprint density at radius 3 is 2.68 bits per heavy atom. The van der Waals surface area contributed by atoms with Crippen molar-refractivity contribution in [1.82, 2.24) is 14.8 Å². The van der Waals surface area contributed by atoms with Crippen molar-refractivity contribution in [2.45, 2.75) is 64.1 Å². The number of unbranched alkanes of at least 4 members (excludes halogenated alkanes) is 1. The quantitative estimate of drug-likeness (QED) is 0.286. The lowest BCUT2D eigenvalue weighted by Gasteiger charge is -2.41. The number of nitrogens with one attached hydrogen (secondary N) is 2. The summed E-state index contributed by atoms with van der Waals surface area (Å²) < 4.78 is 31.9. The fraction of sp³-hybridized carbons (Fsp3) is 0.484. The molecule has 0 aliphatic carbocycles. The van der Waals surface area contributed by atoms with Crippen LogP contribution in [-0.4, -0.2) is 64.8 Å². The third-order valence-electron chi connectivity index (χ3n) is 8.29. The Labute approximate surface area is 224 Å². The molecular formula is C31H40F2N4O. The first-order chi connectivity index (χ1) is 18.4. The summed E-state index contributed by atoms with van der Waals surface area (Å²) in [5.74, 6) is -1.08. The average Bonchev–Trinajstić information content (AvgIpc) is 3.50. The highest BCUT2D eigenvalue weighted by Gasteiger charge is 2.38. The maximum atomic E-state index is 15.9.